The number of carbonyl (C=O) groups excluding carboxylic acids is 1. The first-order valence-electron chi connectivity index (χ1n) is 5.38. The Morgan fingerprint density at radius 2 is 2.12 bits per heavy atom. The largest absolute Gasteiger partial charge is 0.322 e. The molecule has 0 spiro atoms. The summed E-state index contributed by atoms with van der Waals surface area (Å²) in [7, 11) is 0. The number of anilines is 1. The van der Waals surface area contributed by atoms with Gasteiger partial charge >= 0.3 is 0 Å². The van der Waals surface area contributed by atoms with Gasteiger partial charge in [-0.15, -0.1) is 11.8 Å². The van der Waals surface area contributed by atoms with Crippen LogP contribution >= 0.6 is 11.8 Å². The Balaban J connectivity index is 2.45. The number of carbonyl (C=O) groups is 1. The molecular weight excluding hydrogens is 220 g/mol. The van der Waals surface area contributed by atoms with Crippen LogP contribution in [0, 0.1) is 13.8 Å². The third-order valence-corrected chi connectivity index (χ3v) is 3.94. The predicted molar refractivity (Wildman–Crippen MR) is 68.0 cm³/mol. The van der Waals surface area contributed by atoms with Gasteiger partial charge in [0.05, 0.1) is 12.2 Å². The van der Waals surface area contributed by atoms with Crippen molar-refractivity contribution >= 4 is 23.4 Å². The Labute approximate surface area is 100.0 Å². The zero-order valence-electron chi connectivity index (χ0n) is 9.62. The summed E-state index contributed by atoms with van der Waals surface area (Å²) in [5.41, 5.74) is 8.94. The minimum atomic E-state index is 0.00445. The molecule has 0 aromatic heterocycles. The topological polar surface area (TPSA) is 46.3 Å². The van der Waals surface area contributed by atoms with Gasteiger partial charge < -0.3 is 10.6 Å². The van der Waals surface area contributed by atoms with Gasteiger partial charge in [-0.25, -0.2) is 0 Å². The zero-order chi connectivity index (χ0) is 11.7. The Morgan fingerprint density at radius 3 is 2.81 bits per heavy atom. The smallest absolute Gasteiger partial charge is 0.240 e. The average molecular weight is 236 g/mol. The third kappa shape index (κ3) is 1.95. The lowest BCUT2D eigenvalue weighted by Gasteiger charge is -2.29. The predicted octanol–water partition coefficient (Wildman–Crippen LogP) is 1.70. The second-order valence-corrected chi connectivity index (χ2v) is 5.14. The first-order chi connectivity index (χ1) is 7.63. The van der Waals surface area contributed by atoms with Crippen molar-refractivity contribution in [1.29, 1.82) is 0 Å². The molecule has 1 aliphatic rings. The quantitative estimate of drug-likeness (QED) is 0.807. The molecule has 0 bridgehead atoms. The second kappa shape index (κ2) is 4.47. The van der Waals surface area contributed by atoms with Gasteiger partial charge in [-0.3, -0.25) is 4.79 Å². The van der Waals surface area contributed by atoms with Crippen LogP contribution < -0.4 is 10.6 Å². The molecule has 1 aliphatic heterocycles. The number of hydrogen-bond donors (Lipinski definition) is 1. The summed E-state index contributed by atoms with van der Waals surface area (Å²) < 4.78 is 0. The summed E-state index contributed by atoms with van der Waals surface area (Å²) >= 11 is 1.81. The molecule has 0 saturated heterocycles. The minimum Gasteiger partial charge on any atom is -0.322 e. The number of thioether (sulfide) groups is 1. The van der Waals surface area contributed by atoms with E-state index in [2.05, 4.69) is 26.0 Å². The number of aryl methyl sites for hydroxylation is 2. The van der Waals surface area contributed by atoms with Crippen molar-refractivity contribution in [2.24, 2.45) is 5.73 Å². The zero-order valence-corrected chi connectivity index (χ0v) is 10.4. The average Bonchev–Trinajstić information content (AvgIpc) is 2.29. The van der Waals surface area contributed by atoms with E-state index >= 15 is 0 Å². The van der Waals surface area contributed by atoms with E-state index in [1.807, 2.05) is 11.8 Å². The summed E-state index contributed by atoms with van der Waals surface area (Å²) in [5, 5.41) is 0. The molecule has 4 heteroatoms. The highest BCUT2D eigenvalue weighted by Gasteiger charge is 2.22. The molecule has 1 aromatic carbocycles. The highest BCUT2D eigenvalue weighted by Crippen LogP contribution is 2.36. The van der Waals surface area contributed by atoms with Crippen LogP contribution in [-0.2, 0) is 4.79 Å². The van der Waals surface area contributed by atoms with Gasteiger partial charge in [0.2, 0.25) is 5.91 Å². The molecule has 0 unspecified atom stereocenters. The molecule has 16 heavy (non-hydrogen) atoms. The first-order valence-corrected chi connectivity index (χ1v) is 6.36. The van der Waals surface area contributed by atoms with E-state index in [0.717, 1.165) is 18.0 Å². The fourth-order valence-corrected chi connectivity index (χ4v) is 2.91. The molecule has 1 amide bonds. The molecule has 0 aliphatic carbocycles. The molecular formula is C12H16N2OS. The second-order valence-electron chi connectivity index (χ2n) is 4.00. The van der Waals surface area contributed by atoms with Crippen LogP contribution in [0.5, 0.6) is 0 Å². The van der Waals surface area contributed by atoms with E-state index in [1.165, 1.54) is 16.0 Å². The van der Waals surface area contributed by atoms with Crippen molar-refractivity contribution in [3.63, 3.8) is 0 Å². The number of amides is 1. The first kappa shape index (κ1) is 11.5. The molecule has 2 N–H and O–H groups in total. The van der Waals surface area contributed by atoms with Gasteiger partial charge in [-0.05, 0) is 37.1 Å². The Kier molecular flexibility index (Phi) is 3.21. The maximum absolute atomic E-state index is 11.7. The highest BCUT2D eigenvalue weighted by molar-refractivity contribution is 7.99. The van der Waals surface area contributed by atoms with E-state index in [4.69, 9.17) is 5.73 Å². The molecule has 0 atom stereocenters. The molecule has 3 nitrogen and oxygen atoms in total. The maximum atomic E-state index is 11.7. The fraction of sp³-hybridized carbons (Fsp3) is 0.417. The van der Waals surface area contributed by atoms with Gasteiger partial charge in [-0.2, -0.15) is 0 Å². The normalized spacial score (nSPS) is 14.8. The summed E-state index contributed by atoms with van der Waals surface area (Å²) in [6.07, 6.45) is 0. The Morgan fingerprint density at radius 1 is 1.44 bits per heavy atom. The highest BCUT2D eigenvalue weighted by atomic mass is 32.2. The number of hydrogen-bond acceptors (Lipinski definition) is 3. The maximum Gasteiger partial charge on any atom is 0.240 e. The van der Waals surface area contributed by atoms with Gasteiger partial charge in [0, 0.05) is 17.2 Å². The molecule has 0 radical (unpaired) electrons. The third-order valence-electron chi connectivity index (χ3n) is 2.91. The van der Waals surface area contributed by atoms with Crippen LogP contribution in [0.4, 0.5) is 5.69 Å². The summed E-state index contributed by atoms with van der Waals surface area (Å²) in [4.78, 5) is 14.7. The van der Waals surface area contributed by atoms with Crippen LogP contribution in [0.1, 0.15) is 11.1 Å². The fourth-order valence-electron chi connectivity index (χ4n) is 1.84. The van der Waals surface area contributed by atoms with E-state index in [1.54, 1.807) is 4.90 Å². The van der Waals surface area contributed by atoms with Gasteiger partial charge in [-0.1, -0.05) is 0 Å². The van der Waals surface area contributed by atoms with Crippen LogP contribution in [0.2, 0.25) is 0 Å². The molecule has 1 heterocycles. The van der Waals surface area contributed by atoms with Crippen molar-refractivity contribution in [3.05, 3.63) is 23.3 Å². The Hall–Kier alpha value is -1.000. The molecule has 1 aromatic rings. The van der Waals surface area contributed by atoms with Crippen LogP contribution in [0.25, 0.3) is 0 Å². The number of fused-ring (bicyclic) bond motifs is 1. The van der Waals surface area contributed by atoms with Crippen molar-refractivity contribution in [1.82, 2.24) is 0 Å². The van der Waals surface area contributed by atoms with E-state index < -0.39 is 0 Å². The SMILES string of the molecule is Cc1cc2c(cc1C)N(C(=O)CN)CCS2. The summed E-state index contributed by atoms with van der Waals surface area (Å²) in [5.74, 6) is 0.950. The lowest BCUT2D eigenvalue weighted by molar-refractivity contribution is -0.117. The van der Waals surface area contributed by atoms with Crippen LogP contribution in [0.15, 0.2) is 17.0 Å². The molecule has 0 saturated carbocycles. The van der Waals surface area contributed by atoms with E-state index in [0.29, 0.717) is 0 Å². The monoisotopic (exact) mass is 236 g/mol. The van der Waals surface area contributed by atoms with E-state index in [-0.39, 0.29) is 12.5 Å². The van der Waals surface area contributed by atoms with Gasteiger partial charge in [0.25, 0.3) is 0 Å². The van der Waals surface area contributed by atoms with Crippen LogP contribution in [-0.4, -0.2) is 24.7 Å². The molecule has 0 fully saturated rings. The standard InChI is InChI=1S/C12H16N2OS/c1-8-5-10-11(6-9(8)2)16-4-3-14(10)12(15)7-13/h5-6H,3-4,7,13H2,1-2H3. The number of benzene rings is 1. The molecule has 2 rings (SSSR count). The Bertz CT molecular complexity index is 431. The van der Waals surface area contributed by atoms with Crippen LogP contribution in [0.3, 0.4) is 0 Å². The lowest BCUT2D eigenvalue weighted by Crippen LogP contribution is -2.39. The number of rotatable bonds is 1. The minimum absolute atomic E-state index is 0.00445. The van der Waals surface area contributed by atoms with E-state index in [9.17, 15) is 4.79 Å². The van der Waals surface area contributed by atoms with Crippen molar-refractivity contribution in [2.45, 2.75) is 18.7 Å². The number of nitrogens with two attached hydrogens (primary N) is 1. The number of nitrogens with zero attached hydrogens (tertiary/aromatic N) is 1. The lowest BCUT2D eigenvalue weighted by atomic mass is 10.1. The van der Waals surface area contributed by atoms with Crippen molar-refractivity contribution in [2.75, 3.05) is 23.7 Å². The molecule has 86 valence electrons. The summed E-state index contributed by atoms with van der Waals surface area (Å²) in [6.45, 7) is 5.01. The van der Waals surface area contributed by atoms with Gasteiger partial charge in [0.1, 0.15) is 0 Å². The summed E-state index contributed by atoms with van der Waals surface area (Å²) in [6, 6.07) is 4.25. The van der Waals surface area contributed by atoms with Crippen molar-refractivity contribution < 1.29 is 4.79 Å². The van der Waals surface area contributed by atoms with Gasteiger partial charge in [0.15, 0.2) is 0 Å². The van der Waals surface area contributed by atoms with Crippen molar-refractivity contribution in [3.8, 4) is 0 Å².